The predicted molar refractivity (Wildman–Crippen MR) is 141 cm³/mol. The van der Waals surface area contributed by atoms with Crippen molar-refractivity contribution in [3.8, 4) is 11.5 Å². The molecule has 3 aromatic rings. The van der Waals surface area contributed by atoms with Crippen LogP contribution >= 0.6 is 11.6 Å². The van der Waals surface area contributed by atoms with Gasteiger partial charge < -0.3 is 14.6 Å². The van der Waals surface area contributed by atoms with Gasteiger partial charge in [-0.1, -0.05) is 55.8 Å². The number of carbonyl (C=O) groups is 2. The van der Waals surface area contributed by atoms with Crippen LogP contribution in [0.5, 0.6) is 11.5 Å². The number of benzene rings is 3. The van der Waals surface area contributed by atoms with Crippen LogP contribution in [0, 0.1) is 12.8 Å². The van der Waals surface area contributed by atoms with Gasteiger partial charge in [-0.2, -0.15) is 0 Å². The van der Waals surface area contributed by atoms with Gasteiger partial charge >= 0.3 is 0 Å². The number of rotatable bonds is 7. The van der Waals surface area contributed by atoms with Gasteiger partial charge in [0.1, 0.15) is 17.3 Å². The fourth-order valence-electron chi connectivity index (χ4n) is 4.11. The molecule has 4 rings (SSSR count). The normalized spacial score (nSPS) is 17.1. The third kappa shape index (κ3) is 4.95. The molecule has 0 saturated carbocycles. The van der Waals surface area contributed by atoms with Crippen LogP contribution in [0.4, 0.5) is 5.69 Å². The first-order valence-electron chi connectivity index (χ1n) is 11.7. The summed E-state index contributed by atoms with van der Waals surface area (Å²) in [5, 5.41) is 11.9. The highest BCUT2D eigenvalue weighted by Gasteiger charge is 2.47. The molecule has 6 nitrogen and oxygen atoms in total. The fourth-order valence-corrected chi connectivity index (χ4v) is 4.28. The summed E-state index contributed by atoms with van der Waals surface area (Å²) in [6.45, 7) is 6.44. The van der Waals surface area contributed by atoms with Crippen molar-refractivity contribution in [2.24, 2.45) is 5.92 Å². The summed E-state index contributed by atoms with van der Waals surface area (Å²) in [6.07, 6.45) is 0. The molecule has 1 fully saturated rings. The monoisotopic (exact) mass is 505 g/mol. The van der Waals surface area contributed by atoms with Gasteiger partial charge in [0.25, 0.3) is 11.7 Å². The van der Waals surface area contributed by atoms with E-state index in [1.54, 1.807) is 73.8 Å². The summed E-state index contributed by atoms with van der Waals surface area (Å²) in [6, 6.07) is 18.2. The molecule has 0 radical (unpaired) electrons. The highest BCUT2D eigenvalue weighted by atomic mass is 35.5. The van der Waals surface area contributed by atoms with Crippen molar-refractivity contribution >= 4 is 34.7 Å². The minimum atomic E-state index is -0.890. The average Bonchev–Trinajstić information content (AvgIpc) is 3.14. The Labute approximate surface area is 215 Å². The topological polar surface area (TPSA) is 76.1 Å². The smallest absolute Gasteiger partial charge is 0.300 e. The number of hydrogen-bond donors (Lipinski definition) is 1. The number of aliphatic hydroxyl groups is 1. The zero-order chi connectivity index (χ0) is 26.0. The van der Waals surface area contributed by atoms with Crippen LogP contribution in [0.25, 0.3) is 5.76 Å². The number of methoxy groups -OCH3 is 1. The molecule has 1 unspecified atom stereocenters. The van der Waals surface area contributed by atoms with E-state index in [1.165, 1.54) is 4.90 Å². The second kappa shape index (κ2) is 10.5. The van der Waals surface area contributed by atoms with Crippen molar-refractivity contribution in [1.29, 1.82) is 0 Å². The molecule has 1 saturated heterocycles. The minimum Gasteiger partial charge on any atom is -0.507 e. The van der Waals surface area contributed by atoms with Gasteiger partial charge in [0.2, 0.25) is 0 Å². The Morgan fingerprint density at radius 3 is 2.44 bits per heavy atom. The molecule has 1 aliphatic heterocycles. The molecule has 1 amide bonds. The highest BCUT2D eigenvalue weighted by Crippen LogP contribution is 2.43. The zero-order valence-corrected chi connectivity index (χ0v) is 21.4. The van der Waals surface area contributed by atoms with E-state index in [9.17, 15) is 14.7 Å². The number of halogens is 1. The van der Waals surface area contributed by atoms with Crippen molar-refractivity contribution in [2.75, 3.05) is 18.6 Å². The van der Waals surface area contributed by atoms with Gasteiger partial charge in [0, 0.05) is 16.3 Å². The largest absolute Gasteiger partial charge is 0.507 e. The molecule has 186 valence electrons. The number of anilines is 1. The van der Waals surface area contributed by atoms with Crippen molar-refractivity contribution in [3.05, 3.63) is 94.0 Å². The van der Waals surface area contributed by atoms with Crippen LogP contribution in [0.3, 0.4) is 0 Å². The van der Waals surface area contributed by atoms with Crippen LogP contribution in [-0.2, 0) is 9.59 Å². The van der Waals surface area contributed by atoms with Gasteiger partial charge in [0.15, 0.2) is 0 Å². The highest BCUT2D eigenvalue weighted by molar-refractivity contribution is 6.51. The van der Waals surface area contributed by atoms with Crippen molar-refractivity contribution in [3.63, 3.8) is 0 Å². The summed E-state index contributed by atoms with van der Waals surface area (Å²) >= 11 is 6.36. The number of hydrogen-bond acceptors (Lipinski definition) is 5. The van der Waals surface area contributed by atoms with E-state index >= 15 is 0 Å². The molecule has 1 aliphatic rings. The van der Waals surface area contributed by atoms with Gasteiger partial charge in [-0.05, 0) is 60.4 Å². The van der Waals surface area contributed by atoms with Gasteiger partial charge in [-0.15, -0.1) is 0 Å². The maximum atomic E-state index is 13.4. The minimum absolute atomic E-state index is 0.0223. The lowest BCUT2D eigenvalue weighted by atomic mass is 9.95. The molecule has 7 heteroatoms. The summed E-state index contributed by atoms with van der Waals surface area (Å²) in [7, 11) is 1.54. The van der Waals surface area contributed by atoms with E-state index in [2.05, 4.69) is 0 Å². The molecule has 3 aromatic carbocycles. The number of carbonyl (C=O) groups excluding carboxylic acids is 2. The molecule has 1 heterocycles. The number of nitrogens with zero attached hydrogens (tertiary/aromatic N) is 1. The maximum Gasteiger partial charge on any atom is 0.300 e. The zero-order valence-electron chi connectivity index (χ0n) is 20.6. The lowest BCUT2D eigenvalue weighted by Crippen LogP contribution is -2.29. The van der Waals surface area contributed by atoms with E-state index < -0.39 is 17.7 Å². The van der Waals surface area contributed by atoms with Gasteiger partial charge in [0.05, 0.1) is 25.3 Å². The average molecular weight is 506 g/mol. The summed E-state index contributed by atoms with van der Waals surface area (Å²) < 4.78 is 11.2. The first-order valence-corrected chi connectivity index (χ1v) is 12.0. The predicted octanol–water partition coefficient (Wildman–Crippen LogP) is 6.32. The summed E-state index contributed by atoms with van der Waals surface area (Å²) in [4.78, 5) is 28.1. The molecule has 0 aliphatic carbocycles. The van der Waals surface area contributed by atoms with E-state index in [0.29, 0.717) is 45.9 Å². The Balaban J connectivity index is 1.89. The molecular weight excluding hydrogens is 478 g/mol. The lowest BCUT2D eigenvalue weighted by Gasteiger charge is -2.26. The summed E-state index contributed by atoms with van der Waals surface area (Å²) in [5.74, 6) is -0.379. The van der Waals surface area contributed by atoms with Crippen LogP contribution in [0.1, 0.15) is 36.6 Å². The molecule has 1 N–H and O–H groups in total. The number of Topliss-reactive ketones (excluding diaryl/α,β-unsaturated/α-hetero) is 1. The Morgan fingerprint density at radius 2 is 1.75 bits per heavy atom. The maximum absolute atomic E-state index is 13.4. The Hall–Kier alpha value is -3.77. The van der Waals surface area contributed by atoms with E-state index in [4.69, 9.17) is 21.1 Å². The van der Waals surface area contributed by atoms with E-state index in [1.807, 2.05) is 20.8 Å². The molecular formula is C29H28ClNO5. The summed E-state index contributed by atoms with van der Waals surface area (Å²) in [5.41, 5.74) is 2.26. The van der Waals surface area contributed by atoms with Crippen LogP contribution in [0.15, 0.2) is 72.3 Å². The van der Waals surface area contributed by atoms with E-state index in [-0.39, 0.29) is 11.3 Å². The fraction of sp³-hybridized carbons (Fsp3) is 0.241. The van der Waals surface area contributed by atoms with Crippen LogP contribution in [0.2, 0.25) is 5.02 Å². The quantitative estimate of drug-likeness (QED) is 0.231. The number of aryl methyl sites for hydroxylation is 1. The second-order valence-electron chi connectivity index (χ2n) is 9.11. The third-order valence-corrected chi connectivity index (χ3v) is 6.39. The van der Waals surface area contributed by atoms with Crippen molar-refractivity contribution < 1.29 is 24.2 Å². The molecule has 1 atom stereocenters. The molecule has 0 aromatic heterocycles. The van der Waals surface area contributed by atoms with Gasteiger partial charge in [-0.3, -0.25) is 14.5 Å². The first-order chi connectivity index (χ1) is 17.2. The Kier molecular flexibility index (Phi) is 7.36. The molecule has 0 bridgehead atoms. The third-order valence-electron chi connectivity index (χ3n) is 5.98. The van der Waals surface area contributed by atoms with Crippen molar-refractivity contribution in [1.82, 2.24) is 0 Å². The Morgan fingerprint density at radius 1 is 1.03 bits per heavy atom. The molecule has 0 spiro atoms. The lowest BCUT2D eigenvalue weighted by molar-refractivity contribution is -0.132. The van der Waals surface area contributed by atoms with E-state index in [0.717, 1.165) is 5.56 Å². The van der Waals surface area contributed by atoms with Crippen LogP contribution in [-0.4, -0.2) is 30.5 Å². The van der Waals surface area contributed by atoms with Crippen molar-refractivity contribution in [2.45, 2.75) is 26.8 Å². The molecule has 36 heavy (non-hydrogen) atoms. The van der Waals surface area contributed by atoms with Crippen LogP contribution < -0.4 is 14.4 Å². The van der Waals surface area contributed by atoms with Gasteiger partial charge in [-0.25, -0.2) is 0 Å². The second-order valence-corrected chi connectivity index (χ2v) is 9.52. The number of ether oxygens (including phenoxy) is 2. The standard InChI is InChI=1S/C29H28ClNO5/c1-17(2)16-36-23-10-6-8-20(14-23)27(32)25-26(19-7-5-9-22(13-19)35-4)31(29(34)28(25)33)21-12-11-18(3)24(30)15-21/h5-15,17,26,32H,16H2,1-4H3/b27-25+. The SMILES string of the molecule is COc1cccc(C2/C(=C(\O)c3cccc(OCC(C)C)c3)C(=O)C(=O)N2c2ccc(C)c(Cl)c2)c1. The first kappa shape index (κ1) is 25.3. The number of amides is 1. The number of aliphatic hydroxyl groups excluding tert-OH is 1. The number of ketones is 1. The Bertz CT molecular complexity index is 1350.